The van der Waals surface area contributed by atoms with E-state index < -0.39 is 11.4 Å². The first-order valence-electron chi connectivity index (χ1n) is 7.69. The van der Waals surface area contributed by atoms with E-state index in [0.29, 0.717) is 17.9 Å². The van der Waals surface area contributed by atoms with Crippen LogP contribution in [0.3, 0.4) is 0 Å². The topological polar surface area (TPSA) is 54.4 Å². The molecular weight excluding hydrogens is 331 g/mol. The van der Waals surface area contributed by atoms with Crippen LogP contribution in [-0.4, -0.2) is 16.9 Å². The molecule has 1 aliphatic carbocycles. The van der Waals surface area contributed by atoms with E-state index in [9.17, 15) is 19.1 Å². The van der Waals surface area contributed by atoms with E-state index in [0.717, 1.165) is 16.7 Å². The van der Waals surface area contributed by atoms with Crippen LogP contribution in [0.1, 0.15) is 24.8 Å². The molecule has 3 nitrogen and oxygen atoms in total. The molecule has 5 heteroatoms. The van der Waals surface area contributed by atoms with Gasteiger partial charge in [0.15, 0.2) is 0 Å². The molecule has 24 heavy (non-hydrogen) atoms. The third-order valence-corrected chi connectivity index (χ3v) is 4.69. The molecule has 0 radical (unpaired) electrons. The van der Waals surface area contributed by atoms with Crippen molar-refractivity contribution in [3.63, 3.8) is 0 Å². The number of carboxylic acid groups (broad SMARTS) is 1. The number of carboxylic acids is 1. The molecule has 1 N–H and O–H groups in total. The maximum atomic E-state index is 13.1. The van der Waals surface area contributed by atoms with Gasteiger partial charge in [-0.25, -0.2) is 4.39 Å². The van der Waals surface area contributed by atoms with E-state index in [1.807, 2.05) is 0 Å². The van der Waals surface area contributed by atoms with Gasteiger partial charge in [-0.05, 0) is 53.8 Å². The third-order valence-electron chi connectivity index (χ3n) is 4.45. The Bertz CT molecular complexity index is 795. The Hall–Kier alpha value is -2.20. The first-order valence-corrected chi connectivity index (χ1v) is 8.07. The fraction of sp³-hybridized carbons (Fsp3) is 0.263. The molecule has 0 unspecified atom stereocenters. The first-order chi connectivity index (χ1) is 11.4. The second-order valence-electron chi connectivity index (χ2n) is 6.29. The van der Waals surface area contributed by atoms with Crippen molar-refractivity contribution >= 4 is 23.4 Å². The van der Waals surface area contributed by atoms with Gasteiger partial charge < -0.3 is 5.11 Å². The first kappa shape index (κ1) is 16.7. The van der Waals surface area contributed by atoms with Gasteiger partial charge in [0.2, 0.25) is 0 Å². The van der Waals surface area contributed by atoms with Crippen molar-refractivity contribution in [2.75, 3.05) is 0 Å². The molecule has 0 saturated heterocycles. The largest absolute Gasteiger partial charge is 0.481 e. The molecule has 124 valence electrons. The monoisotopic (exact) mass is 346 g/mol. The van der Waals surface area contributed by atoms with Crippen molar-refractivity contribution in [3.05, 3.63) is 58.9 Å². The number of rotatable bonds is 6. The van der Waals surface area contributed by atoms with Crippen LogP contribution in [0.15, 0.2) is 42.5 Å². The van der Waals surface area contributed by atoms with Crippen molar-refractivity contribution in [1.82, 2.24) is 0 Å². The predicted molar refractivity (Wildman–Crippen MR) is 89.5 cm³/mol. The Labute approximate surface area is 144 Å². The molecule has 0 heterocycles. The molecule has 0 spiro atoms. The Balaban J connectivity index is 1.84. The zero-order valence-electron chi connectivity index (χ0n) is 12.9. The Morgan fingerprint density at radius 2 is 1.79 bits per heavy atom. The van der Waals surface area contributed by atoms with Crippen LogP contribution in [0.2, 0.25) is 5.02 Å². The normalized spacial score (nSPS) is 15.1. The standard InChI is InChI=1S/C19H16ClFO3/c20-14-3-6-17(12-1-4-15(21)5-2-12)13(9-14)10-16(22)11-19(7-8-19)18(23)24/h1-6,9H,7-8,10-11H2,(H,23,24). The molecule has 0 aliphatic heterocycles. The van der Waals surface area contributed by atoms with Gasteiger partial charge in [-0.2, -0.15) is 0 Å². The number of halogens is 2. The van der Waals surface area contributed by atoms with Gasteiger partial charge in [0.25, 0.3) is 0 Å². The van der Waals surface area contributed by atoms with Crippen molar-refractivity contribution in [3.8, 4) is 11.1 Å². The van der Waals surface area contributed by atoms with E-state index in [4.69, 9.17) is 11.6 Å². The smallest absolute Gasteiger partial charge is 0.310 e. The third kappa shape index (κ3) is 3.49. The minimum Gasteiger partial charge on any atom is -0.481 e. The average Bonchev–Trinajstić information content (AvgIpc) is 3.29. The number of carbonyl (C=O) groups excluding carboxylic acids is 1. The molecule has 0 amide bonds. The Kier molecular flexibility index (Phi) is 4.41. The van der Waals surface area contributed by atoms with Crippen LogP contribution in [0.4, 0.5) is 4.39 Å². The number of Topliss-reactive ketones (excluding diaryl/α,β-unsaturated/α-hetero) is 1. The average molecular weight is 347 g/mol. The summed E-state index contributed by atoms with van der Waals surface area (Å²) < 4.78 is 13.1. The second-order valence-corrected chi connectivity index (χ2v) is 6.72. The summed E-state index contributed by atoms with van der Waals surface area (Å²) in [4.78, 5) is 23.6. The fourth-order valence-corrected chi connectivity index (χ4v) is 3.08. The molecule has 2 aromatic rings. The maximum Gasteiger partial charge on any atom is 0.310 e. The molecule has 1 aliphatic rings. The SMILES string of the molecule is O=C(Cc1cc(Cl)ccc1-c1ccc(F)cc1)CC1(C(=O)O)CC1. The molecule has 0 aromatic heterocycles. The molecular formula is C19H16ClFO3. The number of hydrogen-bond donors (Lipinski definition) is 1. The summed E-state index contributed by atoms with van der Waals surface area (Å²) in [7, 11) is 0. The van der Waals surface area contributed by atoms with Crippen LogP contribution >= 0.6 is 11.6 Å². The minimum atomic E-state index is -0.902. The second kappa shape index (κ2) is 6.36. The lowest BCUT2D eigenvalue weighted by molar-refractivity contribution is -0.145. The van der Waals surface area contributed by atoms with Crippen LogP contribution < -0.4 is 0 Å². The van der Waals surface area contributed by atoms with Gasteiger partial charge in [-0.3, -0.25) is 9.59 Å². The van der Waals surface area contributed by atoms with Gasteiger partial charge in [0.1, 0.15) is 11.6 Å². The number of benzene rings is 2. The number of hydrogen-bond acceptors (Lipinski definition) is 2. The van der Waals surface area contributed by atoms with Gasteiger partial charge >= 0.3 is 5.97 Å². The fourth-order valence-electron chi connectivity index (χ4n) is 2.89. The van der Waals surface area contributed by atoms with E-state index in [-0.39, 0.29) is 24.4 Å². The number of carbonyl (C=O) groups is 2. The summed E-state index contributed by atoms with van der Waals surface area (Å²) in [5.41, 5.74) is 1.44. The van der Waals surface area contributed by atoms with E-state index >= 15 is 0 Å². The van der Waals surface area contributed by atoms with Gasteiger partial charge in [0.05, 0.1) is 5.41 Å². The summed E-state index contributed by atoms with van der Waals surface area (Å²) in [5, 5.41) is 9.72. The molecule has 3 rings (SSSR count). The highest BCUT2D eigenvalue weighted by molar-refractivity contribution is 6.30. The summed E-state index contributed by atoms with van der Waals surface area (Å²) in [6.07, 6.45) is 1.25. The van der Waals surface area contributed by atoms with Crippen LogP contribution in [0.5, 0.6) is 0 Å². The lowest BCUT2D eigenvalue weighted by atomic mass is 9.92. The van der Waals surface area contributed by atoms with Crippen LogP contribution in [-0.2, 0) is 16.0 Å². The highest BCUT2D eigenvalue weighted by atomic mass is 35.5. The molecule has 2 aromatic carbocycles. The van der Waals surface area contributed by atoms with Gasteiger partial charge in [0, 0.05) is 17.9 Å². The lowest BCUT2D eigenvalue weighted by Crippen LogP contribution is -2.20. The molecule has 0 atom stereocenters. The Morgan fingerprint density at radius 3 is 2.38 bits per heavy atom. The zero-order chi connectivity index (χ0) is 17.3. The number of ketones is 1. The summed E-state index contributed by atoms with van der Waals surface area (Å²) in [6, 6.07) is 11.2. The van der Waals surface area contributed by atoms with Crippen molar-refractivity contribution in [2.45, 2.75) is 25.7 Å². The summed E-state index contributed by atoms with van der Waals surface area (Å²) in [5.74, 6) is -1.36. The van der Waals surface area contributed by atoms with Crippen LogP contribution in [0.25, 0.3) is 11.1 Å². The Morgan fingerprint density at radius 1 is 1.12 bits per heavy atom. The van der Waals surface area contributed by atoms with Crippen LogP contribution in [0, 0.1) is 11.2 Å². The van der Waals surface area contributed by atoms with Gasteiger partial charge in [-0.15, -0.1) is 0 Å². The molecule has 1 saturated carbocycles. The zero-order valence-corrected chi connectivity index (χ0v) is 13.6. The van der Waals surface area contributed by atoms with Crippen molar-refractivity contribution in [2.24, 2.45) is 5.41 Å². The highest BCUT2D eigenvalue weighted by Gasteiger charge is 2.51. The number of aliphatic carboxylic acids is 1. The molecule has 0 bridgehead atoms. The predicted octanol–water partition coefficient (Wildman–Crippen LogP) is 4.51. The van der Waals surface area contributed by atoms with E-state index in [1.54, 1.807) is 30.3 Å². The minimum absolute atomic E-state index is 0.0394. The maximum absolute atomic E-state index is 13.1. The van der Waals surface area contributed by atoms with Crippen molar-refractivity contribution in [1.29, 1.82) is 0 Å². The quantitative estimate of drug-likeness (QED) is 0.837. The van der Waals surface area contributed by atoms with E-state index in [1.165, 1.54) is 12.1 Å². The van der Waals surface area contributed by atoms with Crippen molar-refractivity contribution < 1.29 is 19.1 Å². The summed E-state index contributed by atoms with van der Waals surface area (Å²) in [6.45, 7) is 0. The highest BCUT2D eigenvalue weighted by Crippen LogP contribution is 2.49. The van der Waals surface area contributed by atoms with E-state index in [2.05, 4.69) is 0 Å². The lowest BCUT2D eigenvalue weighted by Gasteiger charge is -2.12. The summed E-state index contributed by atoms with van der Waals surface area (Å²) >= 11 is 6.04. The van der Waals surface area contributed by atoms with Gasteiger partial charge in [-0.1, -0.05) is 29.8 Å². The molecule has 1 fully saturated rings.